The van der Waals surface area contributed by atoms with Gasteiger partial charge in [-0.1, -0.05) is 12.1 Å². The van der Waals surface area contributed by atoms with Crippen molar-refractivity contribution in [3.63, 3.8) is 0 Å². The van der Waals surface area contributed by atoms with Gasteiger partial charge in [-0.25, -0.2) is 9.59 Å². The number of hydrogen-bond acceptors (Lipinski definition) is 7. The van der Waals surface area contributed by atoms with Crippen molar-refractivity contribution < 1.29 is 38.7 Å². The Morgan fingerprint density at radius 1 is 0.931 bits per heavy atom. The largest absolute Gasteiger partial charge is 0.493 e. The van der Waals surface area contributed by atoms with Gasteiger partial charge in [0.25, 0.3) is 0 Å². The van der Waals surface area contributed by atoms with Crippen LogP contribution in [0.3, 0.4) is 0 Å². The highest BCUT2D eigenvalue weighted by Crippen LogP contribution is 2.32. The summed E-state index contributed by atoms with van der Waals surface area (Å²) in [7, 11) is 3.29. The monoisotopic (exact) mass is 405 g/mol. The Kier molecular flexibility index (Phi) is 8.11. The zero-order valence-electron chi connectivity index (χ0n) is 16.1. The topological polar surface area (TPSA) is 124 Å². The number of hydrogen-bond donors (Lipinski definition) is 3. The highest BCUT2D eigenvalue weighted by molar-refractivity contribution is 6.27. The molecule has 0 aromatic heterocycles. The highest BCUT2D eigenvalue weighted by Gasteiger charge is 2.12. The number of ether oxygens (including phenoxy) is 4. The van der Waals surface area contributed by atoms with Crippen LogP contribution in [0.4, 0.5) is 0 Å². The minimum atomic E-state index is -1.82. The Hall–Kier alpha value is -3.46. The number of carbonyl (C=O) groups is 2. The number of carboxylic acids is 2. The second-order valence-electron chi connectivity index (χ2n) is 5.91. The summed E-state index contributed by atoms with van der Waals surface area (Å²) in [6.45, 7) is 1.98. The standard InChI is InChI=1S/C18H21NO4.C2H2O4/c1-20-15-5-4-14(10-17(15)21-2)11-19-8-7-13-3-6-16-18(9-13)23-12-22-16;3-1(4)2(5)6/h3-6,9-10,19H,7-8,11-12H2,1-2H3;(H,3,4)(H,5,6). The molecule has 0 bridgehead atoms. The number of fused-ring (bicyclic) bond motifs is 1. The van der Waals surface area contributed by atoms with Crippen LogP contribution in [0.5, 0.6) is 23.0 Å². The van der Waals surface area contributed by atoms with E-state index < -0.39 is 11.9 Å². The first-order valence-corrected chi connectivity index (χ1v) is 8.71. The molecule has 0 amide bonds. The summed E-state index contributed by atoms with van der Waals surface area (Å²) in [5.41, 5.74) is 2.39. The van der Waals surface area contributed by atoms with Crippen molar-refractivity contribution in [1.82, 2.24) is 5.32 Å². The van der Waals surface area contributed by atoms with Crippen LogP contribution in [0.15, 0.2) is 36.4 Å². The summed E-state index contributed by atoms with van der Waals surface area (Å²) in [4.78, 5) is 18.2. The fraction of sp³-hybridized carbons (Fsp3) is 0.300. The molecule has 0 saturated carbocycles. The summed E-state index contributed by atoms with van der Waals surface area (Å²) in [5, 5.41) is 18.2. The number of carboxylic acid groups (broad SMARTS) is 2. The van der Waals surface area contributed by atoms with Crippen molar-refractivity contribution in [1.29, 1.82) is 0 Å². The Balaban J connectivity index is 0.000000438. The van der Waals surface area contributed by atoms with Gasteiger partial charge in [-0.2, -0.15) is 0 Å². The summed E-state index contributed by atoms with van der Waals surface area (Å²) in [6, 6.07) is 12.0. The quantitative estimate of drug-likeness (QED) is 0.468. The lowest BCUT2D eigenvalue weighted by atomic mass is 10.1. The molecule has 0 radical (unpaired) electrons. The Morgan fingerprint density at radius 3 is 2.24 bits per heavy atom. The van der Waals surface area contributed by atoms with Crippen LogP contribution in [0.25, 0.3) is 0 Å². The molecule has 156 valence electrons. The molecule has 9 heteroatoms. The maximum atomic E-state index is 9.10. The molecule has 29 heavy (non-hydrogen) atoms. The summed E-state index contributed by atoms with van der Waals surface area (Å²) < 4.78 is 21.3. The predicted octanol–water partition coefficient (Wildman–Crippen LogP) is 1.92. The number of nitrogens with one attached hydrogen (secondary N) is 1. The molecule has 0 aliphatic carbocycles. The van der Waals surface area contributed by atoms with Crippen LogP contribution in [0.1, 0.15) is 11.1 Å². The Labute approximate surface area is 167 Å². The molecule has 0 saturated heterocycles. The third-order valence-corrected chi connectivity index (χ3v) is 3.99. The molecule has 9 nitrogen and oxygen atoms in total. The van der Waals surface area contributed by atoms with Crippen molar-refractivity contribution in [2.45, 2.75) is 13.0 Å². The van der Waals surface area contributed by atoms with Gasteiger partial charge in [0.1, 0.15) is 0 Å². The van der Waals surface area contributed by atoms with Crippen molar-refractivity contribution in [2.75, 3.05) is 27.6 Å². The van der Waals surface area contributed by atoms with E-state index in [0.717, 1.165) is 48.1 Å². The van der Waals surface area contributed by atoms with Gasteiger partial charge in [0.15, 0.2) is 23.0 Å². The molecule has 2 aromatic rings. The van der Waals surface area contributed by atoms with Crippen molar-refractivity contribution >= 4 is 11.9 Å². The third-order valence-electron chi connectivity index (χ3n) is 3.99. The van der Waals surface area contributed by atoms with Gasteiger partial charge in [0.05, 0.1) is 14.2 Å². The molecule has 3 rings (SSSR count). The average molecular weight is 405 g/mol. The summed E-state index contributed by atoms with van der Waals surface area (Å²) >= 11 is 0. The van der Waals surface area contributed by atoms with Crippen LogP contribution in [0, 0.1) is 0 Å². The molecule has 1 aliphatic rings. The Morgan fingerprint density at radius 2 is 1.59 bits per heavy atom. The maximum Gasteiger partial charge on any atom is 0.414 e. The fourth-order valence-corrected chi connectivity index (χ4v) is 2.55. The van der Waals surface area contributed by atoms with E-state index in [0.29, 0.717) is 6.79 Å². The van der Waals surface area contributed by atoms with E-state index in [1.54, 1.807) is 14.2 Å². The lowest BCUT2D eigenvalue weighted by Gasteiger charge is -2.10. The minimum Gasteiger partial charge on any atom is -0.493 e. The molecule has 3 N–H and O–H groups in total. The van der Waals surface area contributed by atoms with E-state index in [9.17, 15) is 0 Å². The number of aliphatic carboxylic acids is 2. The van der Waals surface area contributed by atoms with E-state index >= 15 is 0 Å². The van der Waals surface area contributed by atoms with Gasteiger partial charge in [-0.15, -0.1) is 0 Å². The normalized spacial score (nSPS) is 11.2. The molecule has 0 spiro atoms. The van der Waals surface area contributed by atoms with E-state index in [1.165, 1.54) is 5.56 Å². The van der Waals surface area contributed by atoms with Gasteiger partial charge in [0, 0.05) is 6.54 Å². The van der Waals surface area contributed by atoms with Gasteiger partial charge >= 0.3 is 11.9 Å². The lowest BCUT2D eigenvalue weighted by molar-refractivity contribution is -0.159. The first-order valence-electron chi connectivity index (χ1n) is 8.71. The summed E-state index contributed by atoms with van der Waals surface area (Å²) in [6.07, 6.45) is 0.934. The first kappa shape index (κ1) is 21.8. The first-order chi connectivity index (χ1) is 13.9. The van der Waals surface area contributed by atoms with Crippen molar-refractivity contribution in [3.05, 3.63) is 47.5 Å². The van der Waals surface area contributed by atoms with Gasteiger partial charge in [0.2, 0.25) is 6.79 Å². The van der Waals surface area contributed by atoms with Crippen LogP contribution in [0.2, 0.25) is 0 Å². The molecule has 0 atom stereocenters. The fourth-order valence-electron chi connectivity index (χ4n) is 2.55. The number of rotatable bonds is 7. The van der Waals surface area contributed by atoms with Crippen molar-refractivity contribution in [3.8, 4) is 23.0 Å². The highest BCUT2D eigenvalue weighted by atomic mass is 16.7. The molecular weight excluding hydrogens is 382 g/mol. The van der Waals surface area contributed by atoms with Gasteiger partial charge < -0.3 is 34.5 Å². The average Bonchev–Trinajstić information content (AvgIpc) is 3.19. The molecular formula is C20H23NO8. The third kappa shape index (κ3) is 6.58. The molecule has 1 aliphatic heterocycles. The minimum absolute atomic E-state index is 0.316. The Bertz CT molecular complexity index is 840. The molecule has 2 aromatic carbocycles. The zero-order valence-corrected chi connectivity index (χ0v) is 16.1. The van der Waals surface area contributed by atoms with E-state index in [4.69, 9.17) is 38.7 Å². The molecule has 0 fully saturated rings. The van der Waals surface area contributed by atoms with Crippen LogP contribution >= 0.6 is 0 Å². The maximum absolute atomic E-state index is 9.10. The van der Waals surface area contributed by atoms with Gasteiger partial charge in [-0.3, -0.25) is 0 Å². The van der Waals surface area contributed by atoms with E-state index in [1.807, 2.05) is 30.3 Å². The smallest absolute Gasteiger partial charge is 0.414 e. The number of methoxy groups -OCH3 is 2. The van der Waals surface area contributed by atoms with Gasteiger partial charge in [-0.05, 0) is 48.4 Å². The van der Waals surface area contributed by atoms with E-state index in [2.05, 4.69) is 11.4 Å². The number of benzene rings is 2. The van der Waals surface area contributed by atoms with Crippen LogP contribution in [-0.2, 0) is 22.6 Å². The predicted molar refractivity (Wildman–Crippen MR) is 103 cm³/mol. The van der Waals surface area contributed by atoms with Crippen LogP contribution < -0.4 is 24.3 Å². The second-order valence-corrected chi connectivity index (χ2v) is 5.91. The van der Waals surface area contributed by atoms with Crippen molar-refractivity contribution in [2.24, 2.45) is 0 Å². The van der Waals surface area contributed by atoms with E-state index in [-0.39, 0.29) is 0 Å². The SMILES string of the molecule is COc1ccc(CNCCc2ccc3c(c2)OCO3)cc1OC.O=C(O)C(=O)O. The molecule has 1 heterocycles. The zero-order chi connectivity index (χ0) is 21.2. The van der Waals surface area contributed by atoms with Crippen LogP contribution in [-0.4, -0.2) is 49.7 Å². The molecule has 0 unspecified atom stereocenters. The second kappa shape index (κ2) is 10.8. The summed E-state index contributed by atoms with van der Waals surface area (Å²) in [5.74, 6) is -0.487. The lowest BCUT2D eigenvalue weighted by Crippen LogP contribution is -2.16.